The highest BCUT2D eigenvalue weighted by Crippen LogP contribution is 2.15. The van der Waals surface area contributed by atoms with Crippen molar-refractivity contribution in [2.75, 3.05) is 19.6 Å². The zero-order chi connectivity index (χ0) is 15.1. The monoisotopic (exact) mass is 283 g/mol. The molecule has 0 radical (unpaired) electrons. The van der Waals surface area contributed by atoms with Crippen molar-refractivity contribution in [3.63, 3.8) is 0 Å². The van der Waals surface area contributed by atoms with E-state index >= 15 is 0 Å². The van der Waals surface area contributed by atoms with Gasteiger partial charge in [-0.15, -0.1) is 0 Å². The van der Waals surface area contributed by atoms with Gasteiger partial charge in [0.2, 0.25) is 5.91 Å². The van der Waals surface area contributed by atoms with Gasteiger partial charge in [-0.05, 0) is 38.1 Å². The summed E-state index contributed by atoms with van der Waals surface area (Å²) in [5, 5.41) is 3.11. The molecule has 1 amide bonds. The summed E-state index contributed by atoms with van der Waals surface area (Å²) in [4.78, 5) is 14.2. The molecule has 4 heteroatoms. The minimum atomic E-state index is 0.142. The molecule has 3 atom stereocenters. The normalized spacial score (nSPS) is 25.7. The Balaban J connectivity index is 2.19. The molecular formula is C16H33N3O. The third-order valence-electron chi connectivity index (χ3n) is 4.29. The number of carbonyl (C=O) groups excluding carboxylic acids is 1. The molecule has 0 aliphatic carbocycles. The Morgan fingerprint density at radius 2 is 2.05 bits per heavy atom. The zero-order valence-electron chi connectivity index (χ0n) is 13.7. The number of piperidine rings is 1. The van der Waals surface area contributed by atoms with E-state index < -0.39 is 0 Å². The van der Waals surface area contributed by atoms with Crippen molar-refractivity contribution < 1.29 is 4.79 Å². The molecule has 1 fully saturated rings. The lowest BCUT2D eigenvalue weighted by atomic mass is 9.94. The Kier molecular flexibility index (Phi) is 7.52. The van der Waals surface area contributed by atoms with Crippen LogP contribution in [0.2, 0.25) is 0 Å². The number of rotatable bonds is 7. The van der Waals surface area contributed by atoms with Crippen LogP contribution in [0.1, 0.15) is 53.4 Å². The van der Waals surface area contributed by atoms with Crippen LogP contribution in [0, 0.1) is 11.8 Å². The fourth-order valence-electron chi connectivity index (χ4n) is 2.74. The van der Waals surface area contributed by atoms with Crippen molar-refractivity contribution in [2.45, 2.75) is 65.5 Å². The molecule has 3 unspecified atom stereocenters. The first-order chi connectivity index (χ1) is 9.38. The van der Waals surface area contributed by atoms with Crippen LogP contribution in [0.4, 0.5) is 0 Å². The summed E-state index contributed by atoms with van der Waals surface area (Å²) in [5.41, 5.74) is 6.07. The SMILES string of the molecule is CC(C)CCCC(C)NC(=O)CN1CCC(C)C(N)C1. The van der Waals surface area contributed by atoms with Gasteiger partial charge in [-0.3, -0.25) is 9.69 Å². The highest BCUT2D eigenvalue weighted by molar-refractivity contribution is 5.78. The summed E-state index contributed by atoms with van der Waals surface area (Å²) < 4.78 is 0. The quantitative estimate of drug-likeness (QED) is 0.751. The van der Waals surface area contributed by atoms with Gasteiger partial charge in [0.05, 0.1) is 6.54 Å². The molecule has 1 saturated heterocycles. The van der Waals surface area contributed by atoms with Crippen molar-refractivity contribution in [1.82, 2.24) is 10.2 Å². The van der Waals surface area contributed by atoms with E-state index in [2.05, 4.69) is 37.9 Å². The molecule has 0 saturated carbocycles. The molecule has 0 spiro atoms. The minimum Gasteiger partial charge on any atom is -0.353 e. The third-order valence-corrected chi connectivity index (χ3v) is 4.29. The standard InChI is InChI=1S/C16H33N3O/c1-12(2)6-5-7-14(4)18-16(20)11-19-9-8-13(3)15(17)10-19/h12-15H,5-11,17H2,1-4H3,(H,18,20). The fraction of sp³-hybridized carbons (Fsp3) is 0.938. The molecule has 1 heterocycles. The van der Waals surface area contributed by atoms with Crippen LogP contribution < -0.4 is 11.1 Å². The number of likely N-dealkylation sites (tertiary alicyclic amines) is 1. The average molecular weight is 283 g/mol. The van der Waals surface area contributed by atoms with E-state index in [4.69, 9.17) is 5.73 Å². The van der Waals surface area contributed by atoms with Gasteiger partial charge in [-0.2, -0.15) is 0 Å². The number of hydrogen-bond acceptors (Lipinski definition) is 3. The molecule has 4 nitrogen and oxygen atoms in total. The largest absolute Gasteiger partial charge is 0.353 e. The second-order valence-electron chi connectivity index (χ2n) is 6.96. The summed E-state index contributed by atoms with van der Waals surface area (Å²) in [6, 6.07) is 0.485. The van der Waals surface area contributed by atoms with E-state index in [1.165, 1.54) is 12.8 Å². The smallest absolute Gasteiger partial charge is 0.234 e. The molecule has 1 aliphatic rings. The Labute approximate surface area is 124 Å². The van der Waals surface area contributed by atoms with Crippen LogP contribution in [-0.2, 0) is 4.79 Å². The number of nitrogens with one attached hydrogen (secondary N) is 1. The average Bonchev–Trinajstić information content (AvgIpc) is 2.33. The van der Waals surface area contributed by atoms with Gasteiger partial charge in [0.25, 0.3) is 0 Å². The second kappa shape index (κ2) is 8.63. The van der Waals surface area contributed by atoms with Crippen LogP contribution >= 0.6 is 0 Å². The highest BCUT2D eigenvalue weighted by Gasteiger charge is 2.24. The topological polar surface area (TPSA) is 58.4 Å². The summed E-state index contributed by atoms with van der Waals surface area (Å²) in [7, 11) is 0. The number of hydrogen-bond donors (Lipinski definition) is 2. The Hall–Kier alpha value is -0.610. The van der Waals surface area contributed by atoms with Gasteiger partial charge < -0.3 is 11.1 Å². The lowest BCUT2D eigenvalue weighted by molar-refractivity contribution is -0.123. The first kappa shape index (κ1) is 17.4. The molecule has 3 N–H and O–H groups in total. The maximum Gasteiger partial charge on any atom is 0.234 e. The van der Waals surface area contributed by atoms with Gasteiger partial charge in [0.15, 0.2) is 0 Å². The van der Waals surface area contributed by atoms with E-state index in [1.807, 2.05) is 0 Å². The molecule has 0 aromatic carbocycles. The van der Waals surface area contributed by atoms with Gasteiger partial charge in [0, 0.05) is 18.6 Å². The zero-order valence-corrected chi connectivity index (χ0v) is 13.7. The summed E-state index contributed by atoms with van der Waals surface area (Å²) in [6.45, 7) is 11.1. The van der Waals surface area contributed by atoms with E-state index in [1.54, 1.807) is 0 Å². The lowest BCUT2D eigenvalue weighted by Gasteiger charge is -2.34. The Bertz CT molecular complexity index is 293. The predicted molar refractivity (Wildman–Crippen MR) is 84.5 cm³/mol. The summed E-state index contributed by atoms with van der Waals surface area (Å²) in [6.07, 6.45) is 4.59. The van der Waals surface area contributed by atoms with Crippen molar-refractivity contribution in [3.05, 3.63) is 0 Å². The summed E-state index contributed by atoms with van der Waals surface area (Å²) in [5.74, 6) is 1.46. The van der Waals surface area contributed by atoms with Crippen LogP contribution in [0.3, 0.4) is 0 Å². The summed E-state index contributed by atoms with van der Waals surface area (Å²) >= 11 is 0. The fourth-order valence-corrected chi connectivity index (χ4v) is 2.74. The van der Waals surface area contributed by atoms with E-state index in [-0.39, 0.29) is 18.0 Å². The van der Waals surface area contributed by atoms with Crippen molar-refractivity contribution >= 4 is 5.91 Å². The molecule has 0 bridgehead atoms. The Morgan fingerprint density at radius 1 is 1.35 bits per heavy atom. The van der Waals surface area contributed by atoms with E-state index in [0.29, 0.717) is 12.5 Å². The van der Waals surface area contributed by atoms with Crippen LogP contribution in [0.25, 0.3) is 0 Å². The van der Waals surface area contributed by atoms with Crippen LogP contribution in [0.15, 0.2) is 0 Å². The van der Waals surface area contributed by atoms with Crippen LogP contribution in [0.5, 0.6) is 0 Å². The molecule has 1 aliphatic heterocycles. The second-order valence-corrected chi connectivity index (χ2v) is 6.96. The number of carbonyl (C=O) groups is 1. The molecule has 20 heavy (non-hydrogen) atoms. The van der Waals surface area contributed by atoms with Gasteiger partial charge in [-0.1, -0.05) is 33.6 Å². The number of nitrogens with two attached hydrogens (primary N) is 1. The van der Waals surface area contributed by atoms with E-state index in [0.717, 1.165) is 31.8 Å². The maximum absolute atomic E-state index is 12.0. The lowest BCUT2D eigenvalue weighted by Crippen LogP contribution is -2.51. The first-order valence-corrected chi connectivity index (χ1v) is 8.15. The number of amides is 1. The van der Waals surface area contributed by atoms with Crippen LogP contribution in [-0.4, -0.2) is 42.5 Å². The van der Waals surface area contributed by atoms with Gasteiger partial charge in [-0.25, -0.2) is 0 Å². The van der Waals surface area contributed by atoms with Crippen molar-refractivity contribution in [1.29, 1.82) is 0 Å². The van der Waals surface area contributed by atoms with Gasteiger partial charge in [0.1, 0.15) is 0 Å². The molecule has 0 aromatic heterocycles. The maximum atomic E-state index is 12.0. The molecule has 118 valence electrons. The molecular weight excluding hydrogens is 250 g/mol. The third kappa shape index (κ3) is 6.71. The molecule has 1 rings (SSSR count). The molecule has 0 aromatic rings. The minimum absolute atomic E-state index is 0.142. The number of nitrogens with zero attached hydrogens (tertiary/aromatic N) is 1. The van der Waals surface area contributed by atoms with E-state index in [9.17, 15) is 4.79 Å². The predicted octanol–water partition coefficient (Wildman–Crippen LogP) is 1.99. The Morgan fingerprint density at radius 3 is 2.65 bits per heavy atom. The highest BCUT2D eigenvalue weighted by atomic mass is 16.2. The van der Waals surface area contributed by atoms with Gasteiger partial charge >= 0.3 is 0 Å². The first-order valence-electron chi connectivity index (χ1n) is 8.15. The van der Waals surface area contributed by atoms with Crippen molar-refractivity contribution in [2.24, 2.45) is 17.6 Å². The van der Waals surface area contributed by atoms with Crippen molar-refractivity contribution in [3.8, 4) is 0 Å².